The fourth-order valence-corrected chi connectivity index (χ4v) is 3.30. The summed E-state index contributed by atoms with van der Waals surface area (Å²) in [6, 6.07) is 7.75. The number of hydrogen-bond donors (Lipinski definition) is 1. The number of nitrogens with one attached hydrogen (secondary N) is 1. The molecule has 1 aromatic rings. The van der Waals surface area contributed by atoms with Crippen LogP contribution in [0.1, 0.15) is 43.9 Å². The van der Waals surface area contributed by atoms with Crippen molar-refractivity contribution in [2.24, 2.45) is 0 Å². The molecule has 2 unspecified atom stereocenters. The molecule has 0 spiro atoms. The Labute approximate surface area is 115 Å². The van der Waals surface area contributed by atoms with Gasteiger partial charge < -0.3 is 10.1 Å². The maximum atomic E-state index is 5.82. The Morgan fingerprint density at radius 2 is 2.32 bits per heavy atom. The lowest BCUT2D eigenvalue weighted by molar-refractivity contribution is 0.140. The lowest BCUT2D eigenvalue weighted by atomic mass is 9.98. The number of ether oxygens (including phenoxy) is 1. The molecular weight excluding hydrogens is 236 g/mol. The second-order valence-corrected chi connectivity index (χ2v) is 5.72. The van der Waals surface area contributed by atoms with E-state index in [2.05, 4.69) is 42.3 Å². The van der Waals surface area contributed by atoms with Crippen LogP contribution in [0.2, 0.25) is 0 Å². The molecule has 104 valence electrons. The van der Waals surface area contributed by atoms with Crippen LogP contribution in [0, 0.1) is 0 Å². The molecule has 3 rings (SSSR count). The number of unbranched alkanes of at least 4 members (excludes halogenated alkanes) is 1. The van der Waals surface area contributed by atoms with E-state index in [0.717, 1.165) is 38.4 Å². The van der Waals surface area contributed by atoms with Gasteiger partial charge in [-0.25, -0.2) is 0 Å². The van der Waals surface area contributed by atoms with E-state index in [4.69, 9.17) is 4.74 Å². The largest absolute Gasteiger partial charge is 0.494 e. The highest BCUT2D eigenvalue weighted by molar-refractivity contribution is 5.41. The van der Waals surface area contributed by atoms with E-state index in [1.165, 1.54) is 17.5 Å². The third-order valence-corrected chi connectivity index (χ3v) is 4.31. The van der Waals surface area contributed by atoms with Crippen molar-refractivity contribution in [3.05, 3.63) is 29.3 Å². The van der Waals surface area contributed by atoms with Crippen LogP contribution in [0.4, 0.5) is 0 Å². The molecule has 0 bridgehead atoms. The van der Waals surface area contributed by atoms with Gasteiger partial charge in [-0.15, -0.1) is 0 Å². The van der Waals surface area contributed by atoms with Gasteiger partial charge >= 0.3 is 0 Å². The molecule has 3 heteroatoms. The summed E-state index contributed by atoms with van der Waals surface area (Å²) in [4.78, 5) is 2.58. The normalized spacial score (nSPS) is 26.0. The van der Waals surface area contributed by atoms with Crippen molar-refractivity contribution in [1.82, 2.24) is 10.2 Å². The van der Waals surface area contributed by atoms with Crippen LogP contribution in [0.5, 0.6) is 5.75 Å². The molecule has 2 aliphatic rings. The smallest absolute Gasteiger partial charge is 0.119 e. The van der Waals surface area contributed by atoms with Gasteiger partial charge in [0, 0.05) is 25.7 Å². The molecular formula is C16H24N2O. The Morgan fingerprint density at radius 3 is 3.16 bits per heavy atom. The number of fused-ring (bicyclic) bond motifs is 3. The molecule has 3 nitrogen and oxygen atoms in total. The van der Waals surface area contributed by atoms with Gasteiger partial charge in [0.25, 0.3) is 0 Å². The topological polar surface area (TPSA) is 24.5 Å². The molecule has 19 heavy (non-hydrogen) atoms. The summed E-state index contributed by atoms with van der Waals surface area (Å²) in [5.74, 6) is 1.03. The molecule has 1 saturated heterocycles. The van der Waals surface area contributed by atoms with Gasteiger partial charge in [0.05, 0.1) is 12.6 Å². The van der Waals surface area contributed by atoms with Crippen LogP contribution < -0.4 is 10.1 Å². The second kappa shape index (κ2) is 5.51. The van der Waals surface area contributed by atoms with E-state index in [1.54, 1.807) is 0 Å². The summed E-state index contributed by atoms with van der Waals surface area (Å²) in [5.41, 5.74) is 2.94. The lowest BCUT2D eigenvalue weighted by Crippen LogP contribution is -2.48. The minimum absolute atomic E-state index is 0.543. The van der Waals surface area contributed by atoms with Gasteiger partial charge in [-0.2, -0.15) is 0 Å². The molecule has 0 aliphatic carbocycles. The SMILES string of the molecule is CCCCOc1ccc2c(c1)CN1CCNC(C)C21. The first-order valence-electron chi connectivity index (χ1n) is 7.52. The molecule has 2 heterocycles. The number of piperazine rings is 1. The summed E-state index contributed by atoms with van der Waals surface area (Å²) in [6.45, 7) is 8.65. The van der Waals surface area contributed by atoms with Gasteiger partial charge in [0.15, 0.2) is 0 Å². The fourth-order valence-electron chi connectivity index (χ4n) is 3.30. The summed E-state index contributed by atoms with van der Waals surface area (Å²) in [6.07, 6.45) is 2.32. The van der Waals surface area contributed by atoms with Crippen molar-refractivity contribution in [2.75, 3.05) is 19.7 Å². The van der Waals surface area contributed by atoms with E-state index in [0.29, 0.717) is 12.1 Å². The molecule has 0 radical (unpaired) electrons. The van der Waals surface area contributed by atoms with Crippen LogP contribution in [-0.4, -0.2) is 30.6 Å². The predicted octanol–water partition coefficient (Wildman–Crippen LogP) is 2.71. The van der Waals surface area contributed by atoms with E-state index in [9.17, 15) is 0 Å². The number of benzene rings is 1. The fraction of sp³-hybridized carbons (Fsp3) is 0.625. The standard InChI is InChI=1S/C16H24N2O/c1-3-4-9-19-14-5-6-15-13(10-14)11-18-8-7-17-12(2)16(15)18/h5-6,10,12,16-17H,3-4,7-9,11H2,1-2H3. The summed E-state index contributed by atoms with van der Waals surface area (Å²) >= 11 is 0. The number of nitrogens with zero attached hydrogens (tertiary/aromatic N) is 1. The maximum absolute atomic E-state index is 5.82. The Kier molecular flexibility index (Phi) is 3.76. The third-order valence-electron chi connectivity index (χ3n) is 4.31. The highest BCUT2D eigenvalue weighted by Crippen LogP contribution is 2.38. The molecule has 1 fully saturated rings. The molecule has 2 aliphatic heterocycles. The van der Waals surface area contributed by atoms with E-state index in [1.807, 2.05) is 0 Å². The van der Waals surface area contributed by atoms with Gasteiger partial charge in [0.1, 0.15) is 5.75 Å². The van der Waals surface area contributed by atoms with Crippen molar-refractivity contribution in [3.63, 3.8) is 0 Å². The summed E-state index contributed by atoms with van der Waals surface area (Å²) in [5, 5.41) is 3.58. The van der Waals surface area contributed by atoms with E-state index >= 15 is 0 Å². The van der Waals surface area contributed by atoms with Crippen molar-refractivity contribution < 1.29 is 4.74 Å². The van der Waals surface area contributed by atoms with E-state index < -0.39 is 0 Å². The monoisotopic (exact) mass is 260 g/mol. The van der Waals surface area contributed by atoms with Crippen molar-refractivity contribution >= 4 is 0 Å². The molecule has 2 atom stereocenters. The average Bonchev–Trinajstić information content (AvgIpc) is 2.78. The van der Waals surface area contributed by atoms with Crippen LogP contribution in [0.25, 0.3) is 0 Å². The van der Waals surface area contributed by atoms with Gasteiger partial charge in [-0.1, -0.05) is 19.4 Å². The maximum Gasteiger partial charge on any atom is 0.119 e. The molecule has 0 saturated carbocycles. The first kappa shape index (κ1) is 12.9. The highest BCUT2D eigenvalue weighted by atomic mass is 16.5. The first-order chi connectivity index (χ1) is 9.29. The molecule has 1 N–H and O–H groups in total. The first-order valence-corrected chi connectivity index (χ1v) is 7.52. The minimum Gasteiger partial charge on any atom is -0.494 e. The predicted molar refractivity (Wildman–Crippen MR) is 77.5 cm³/mol. The molecule has 0 amide bonds. The van der Waals surface area contributed by atoms with Gasteiger partial charge in [-0.3, -0.25) is 4.90 Å². The van der Waals surface area contributed by atoms with Crippen molar-refractivity contribution in [3.8, 4) is 5.75 Å². The minimum atomic E-state index is 0.543. The van der Waals surface area contributed by atoms with Crippen LogP contribution in [0.15, 0.2) is 18.2 Å². The summed E-state index contributed by atoms with van der Waals surface area (Å²) in [7, 11) is 0. The Morgan fingerprint density at radius 1 is 1.42 bits per heavy atom. The lowest BCUT2D eigenvalue weighted by Gasteiger charge is -2.36. The number of rotatable bonds is 4. The Balaban J connectivity index is 1.76. The Hall–Kier alpha value is -1.06. The average molecular weight is 260 g/mol. The zero-order chi connectivity index (χ0) is 13.2. The van der Waals surface area contributed by atoms with Gasteiger partial charge in [-0.05, 0) is 36.6 Å². The van der Waals surface area contributed by atoms with E-state index in [-0.39, 0.29) is 0 Å². The zero-order valence-corrected chi connectivity index (χ0v) is 12.0. The second-order valence-electron chi connectivity index (χ2n) is 5.72. The quantitative estimate of drug-likeness (QED) is 0.842. The van der Waals surface area contributed by atoms with Crippen LogP contribution in [-0.2, 0) is 6.54 Å². The Bertz CT molecular complexity index is 446. The molecule has 0 aromatic heterocycles. The molecule has 1 aromatic carbocycles. The van der Waals surface area contributed by atoms with Crippen molar-refractivity contribution in [2.45, 2.75) is 45.3 Å². The summed E-state index contributed by atoms with van der Waals surface area (Å²) < 4.78 is 5.82. The van der Waals surface area contributed by atoms with Gasteiger partial charge in [0.2, 0.25) is 0 Å². The van der Waals surface area contributed by atoms with Crippen LogP contribution >= 0.6 is 0 Å². The highest BCUT2D eigenvalue weighted by Gasteiger charge is 2.36. The van der Waals surface area contributed by atoms with Crippen LogP contribution in [0.3, 0.4) is 0 Å². The van der Waals surface area contributed by atoms with Crippen molar-refractivity contribution in [1.29, 1.82) is 0 Å². The number of hydrogen-bond acceptors (Lipinski definition) is 3. The zero-order valence-electron chi connectivity index (χ0n) is 12.0. The third kappa shape index (κ3) is 2.49.